The van der Waals surface area contributed by atoms with Gasteiger partial charge < -0.3 is 14.5 Å². The summed E-state index contributed by atoms with van der Waals surface area (Å²) >= 11 is 22.1. The number of benzene rings is 4. The molecule has 0 saturated carbocycles. The highest BCUT2D eigenvalue weighted by atomic mass is 79.9. The van der Waals surface area contributed by atoms with E-state index in [1.807, 2.05) is 36.4 Å². The van der Waals surface area contributed by atoms with Crippen LogP contribution in [0.1, 0.15) is 33.3 Å². The van der Waals surface area contributed by atoms with E-state index in [0.29, 0.717) is 44.8 Å². The number of fused-ring (bicyclic) bond motifs is 1. The van der Waals surface area contributed by atoms with Crippen molar-refractivity contribution in [3.63, 3.8) is 0 Å². The first kappa shape index (κ1) is 29.7. The number of rotatable bonds is 8. The number of amides is 1. The molecule has 2 N–H and O–H groups in total. The van der Waals surface area contributed by atoms with E-state index in [4.69, 9.17) is 44.3 Å². The molecule has 0 saturated heterocycles. The van der Waals surface area contributed by atoms with Gasteiger partial charge in [0, 0.05) is 36.5 Å². The molecule has 212 valence electrons. The van der Waals surface area contributed by atoms with Crippen molar-refractivity contribution in [1.82, 2.24) is 10.4 Å². The minimum Gasteiger partial charge on any atom is -0.490 e. The van der Waals surface area contributed by atoms with Crippen LogP contribution >= 0.6 is 50.7 Å². The Morgan fingerprint density at radius 3 is 2.52 bits per heavy atom. The maximum Gasteiger partial charge on any atom is 0.345 e. The molecule has 42 heavy (non-hydrogen) atoms. The third kappa shape index (κ3) is 6.47. The molecule has 0 aliphatic rings. The molecule has 5 aromatic rings. The summed E-state index contributed by atoms with van der Waals surface area (Å²) < 4.78 is 12.1. The summed E-state index contributed by atoms with van der Waals surface area (Å²) in [5.41, 5.74) is 5.79. The van der Waals surface area contributed by atoms with Gasteiger partial charge >= 0.3 is 5.97 Å². The molecule has 0 bridgehead atoms. The van der Waals surface area contributed by atoms with Crippen molar-refractivity contribution in [1.29, 1.82) is 0 Å². The zero-order valence-corrected chi connectivity index (χ0v) is 25.7. The molecule has 0 atom stereocenters. The first-order chi connectivity index (χ1) is 20.2. The third-order valence-electron chi connectivity index (χ3n) is 6.13. The summed E-state index contributed by atoms with van der Waals surface area (Å²) in [6.07, 6.45) is 1.45. The number of aromatic amines is 1. The van der Waals surface area contributed by atoms with Crippen LogP contribution in [0.3, 0.4) is 0 Å². The van der Waals surface area contributed by atoms with E-state index in [-0.39, 0.29) is 16.3 Å². The van der Waals surface area contributed by atoms with Crippen LogP contribution in [0.2, 0.25) is 15.1 Å². The molecule has 0 spiro atoms. The van der Waals surface area contributed by atoms with E-state index >= 15 is 0 Å². The minimum atomic E-state index is -0.661. The Balaban J connectivity index is 1.38. The molecule has 1 aromatic heterocycles. The van der Waals surface area contributed by atoms with Crippen LogP contribution < -0.4 is 14.9 Å². The van der Waals surface area contributed by atoms with E-state index < -0.39 is 11.9 Å². The Morgan fingerprint density at radius 1 is 0.952 bits per heavy atom. The van der Waals surface area contributed by atoms with Gasteiger partial charge in [0.1, 0.15) is 5.69 Å². The van der Waals surface area contributed by atoms with Crippen LogP contribution in [0.5, 0.6) is 11.5 Å². The van der Waals surface area contributed by atoms with Gasteiger partial charge in [-0.15, -0.1) is 0 Å². The SMILES string of the molecule is CCOc1cc(C=NNC(=O)c2[nH]c3ccc(Br)cc3c2-c2ccccc2Cl)ccc1OC(=O)c1ccc(Cl)cc1Cl. The summed E-state index contributed by atoms with van der Waals surface area (Å²) in [7, 11) is 0. The fourth-order valence-corrected chi connectivity index (χ4v) is 5.34. The second-order valence-corrected chi connectivity index (χ2v) is 11.1. The Hall–Kier alpha value is -3.82. The van der Waals surface area contributed by atoms with Gasteiger partial charge in [0.15, 0.2) is 11.5 Å². The van der Waals surface area contributed by atoms with Gasteiger partial charge in [0.25, 0.3) is 5.91 Å². The van der Waals surface area contributed by atoms with Gasteiger partial charge in [0.05, 0.1) is 23.4 Å². The van der Waals surface area contributed by atoms with Crippen LogP contribution in [0.4, 0.5) is 0 Å². The molecule has 0 aliphatic heterocycles. The zero-order chi connectivity index (χ0) is 29.8. The van der Waals surface area contributed by atoms with Gasteiger partial charge in [-0.25, -0.2) is 10.2 Å². The number of esters is 1. The molecule has 4 aromatic carbocycles. The number of hydrazone groups is 1. The minimum absolute atomic E-state index is 0.164. The molecule has 7 nitrogen and oxygen atoms in total. The molecule has 0 unspecified atom stereocenters. The highest BCUT2D eigenvalue weighted by Gasteiger charge is 2.21. The Labute approximate surface area is 264 Å². The quantitative estimate of drug-likeness (QED) is 0.0739. The number of nitrogens with one attached hydrogen (secondary N) is 2. The van der Waals surface area contributed by atoms with Crippen LogP contribution in [-0.4, -0.2) is 29.7 Å². The molecule has 1 amide bonds. The predicted octanol–water partition coefficient (Wildman–Crippen LogP) is 8.94. The van der Waals surface area contributed by atoms with Gasteiger partial charge in [-0.3, -0.25) is 4.79 Å². The first-order valence-electron chi connectivity index (χ1n) is 12.6. The number of aromatic nitrogens is 1. The molecule has 1 heterocycles. The smallest absolute Gasteiger partial charge is 0.345 e. The maximum atomic E-state index is 13.3. The van der Waals surface area contributed by atoms with Crippen LogP contribution in [-0.2, 0) is 0 Å². The van der Waals surface area contributed by atoms with Crippen LogP contribution in [0.15, 0.2) is 88.4 Å². The molecular formula is C31H21BrCl3N3O4. The second kappa shape index (κ2) is 13.0. The Kier molecular flexibility index (Phi) is 9.18. The standard InChI is InChI=1S/C31H21BrCl3N3O4/c1-2-41-27-13-17(7-12-26(27)42-31(40)21-10-9-19(33)15-24(21)35)16-36-38-30(39)29-28(20-5-3-4-6-23(20)34)22-14-18(32)8-11-25(22)37-29/h3-16,37H,2H2,1H3,(H,38,39). The topological polar surface area (TPSA) is 92.8 Å². The highest BCUT2D eigenvalue weighted by Crippen LogP contribution is 2.38. The molecule has 11 heteroatoms. The summed E-state index contributed by atoms with van der Waals surface area (Å²) in [5, 5.41) is 6.06. The summed E-state index contributed by atoms with van der Waals surface area (Å²) in [6.45, 7) is 2.13. The molecule has 0 fully saturated rings. The third-order valence-corrected chi connectivity index (χ3v) is 7.50. The summed E-state index contributed by atoms with van der Waals surface area (Å²) in [5.74, 6) is -0.606. The van der Waals surface area contributed by atoms with Gasteiger partial charge in [-0.05, 0) is 73.2 Å². The monoisotopic (exact) mass is 683 g/mol. The van der Waals surface area contributed by atoms with E-state index in [0.717, 1.165) is 15.4 Å². The number of H-pyrrole nitrogens is 1. The lowest BCUT2D eigenvalue weighted by molar-refractivity contribution is 0.0728. The normalized spacial score (nSPS) is 11.2. The average Bonchev–Trinajstić information content (AvgIpc) is 3.33. The van der Waals surface area contributed by atoms with Crippen molar-refractivity contribution in [2.45, 2.75) is 6.92 Å². The predicted molar refractivity (Wildman–Crippen MR) is 171 cm³/mol. The van der Waals surface area contributed by atoms with E-state index in [1.165, 1.54) is 18.3 Å². The van der Waals surface area contributed by atoms with Crippen molar-refractivity contribution in [3.8, 4) is 22.6 Å². The van der Waals surface area contributed by atoms with Crippen molar-refractivity contribution in [2.75, 3.05) is 6.61 Å². The van der Waals surface area contributed by atoms with Crippen molar-refractivity contribution in [3.05, 3.63) is 115 Å². The van der Waals surface area contributed by atoms with E-state index in [9.17, 15) is 9.59 Å². The number of hydrogen-bond acceptors (Lipinski definition) is 5. The number of carbonyl (C=O) groups is 2. The average molecular weight is 686 g/mol. The molecule has 5 rings (SSSR count). The number of ether oxygens (including phenoxy) is 2. The number of halogens is 4. The number of carbonyl (C=O) groups excluding carboxylic acids is 2. The van der Waals surface area contributed by atoms with Gasteiger partial charge in [0.2, 0.25) is 0 Å². The molecule has 0 aliphatic carbocycles. The van der Waals surface area contributed by atoms with Crippen LogP contribution in [0, 0.1) is 0 Å². The maximum absolute atomic E-state index is 13.3. The van der Waals surface area contributed by atoms with Gasteiger partial charge in [-0.1, -0.05) is 68.9 Å². The molecular weight excluding hydrogens is 665 g/mol. The fourth-order valence-electron chi connectivity index (χ4n) is 4.27. The van der Waals surface area contributed by atoms with Crippen molar-refractivity contribution < 1.29 is 19.1 Å². The van der Waals surface area contributed by atoms with E-state index in [1.54, 1.807) is 37.3 Å². The van der Waals surface area contributed by atoms with Gasteiger partial charge in [-0.2, -0.15) is 5.10 Å². The lowest BCUT2D eigenvalue weighted by Gasteiger charge is -2.12. The Morgan fingerprint density at radius 2 is 1.76 bits per heavy atom. The number of hydrogen-bond donors (Lipinski definition) is 2. The highest BCUT2D eigenvalue weighted by molar-refractivity contribution is 9.10. The largest absolute Gasteiger partial charge is 0.490 e. The lowest BCUT2D eigenvalue weighted by Crippen LogP contribution is -2.19. The first-order valence-corrected chi connectivity index (χ1v) is 14.5. The Bertz CT molecular complexity index is 1860. The second-order valence-electron chi connectivity index (χ2n) is 8.90. The fraction of sp³-hybridized carbons (Fsp3) is 0.0645. The summed E-state index contributed by atoms with van der Waals surface area (Å²) in [6, 6.07) is 22.4. The lowest BCUT2D eigenvalue weighted by atomic mass is 10.0. The van der Waals surface area contributed by atoms with Crippen molar-refractivity contribution in [2.24, 2.45) is 5.10 Å². The van der Waals surface area contributed by atoms with Crippen LogP contribution in [0.25, 0.3) is 22.0 Å². The number of nitrogens with zero attached hydrogens (tertiary/aromatic N) is 1. The van der Waals surface area contributed by atoms with Crippen molar-refractivity contribution >= 4 is 79.7 Å². The molecule has 0 radical (unpaired) electrons. The van der Waals surface area contributed by atoms with E-state index in [2.05, 4.69) is 31.4 Å². The zero-order valence-electron chi connectivity index (χ0n) is 21.9. The summed E-state index contributed by atoms with van der Waals surface area (Å²) in [4.78, 5) is 29.2.